The molecule has 0 saturated carbocycles. The van der Waals surface area contributed by atoms with Crippen molar-refractivity contribution in [3.05, 3.63) is 35.4 Å². The molecule has 1 fully saturated rings. The first-order valence-electron chi connectivity index (χ1n) is 5.15. The Morgan fingerprint density at radius 3 is 3.13 bits per heavy atom. The highest BCUT2D eigenvalue weighted by atomic mass is 35.5. The molecule has 0 radical (unpaired) electrons. The Morgan fingerprint density at radius 1 is 1.53 bits per heavy atom. The third-order valence-corrected chi connectivity index (χ3v) is 3.14. The molecule has 2 aromatic heterocycles. The van der Waals surface area contributed by atoms with E-state index in [1.54, 1.807) is 0 Å². The number of hydrogen-bond acceptors (Lipinski definition) is 2. The average Bonchev–Trinajstić information content (AvgIpc) is 2.54. The second-order valence-corrected chi connectivity index (χ2v) is 4.48. The normalized spacial score (nSPS) is 16.9. The smallest absolute Gasteiger partial charge is 0.113 e. The van der Waals surface area contributed by atoms with Crippen LogP contribution in [0.1, 0.15) is 5.82 Å². The molecule has 3 rings (SSSR count). The highest BCUT2D eigenvalue weighted by Gasteiger charge is 2.19. The van der Waals surface area contributed by atoms with Gasteiger partial charge in [0.15, 0.2) is 0 Å². The van der Waals surface area contributed by atoms with Crippen molar-refractivity contribution in [1.82, 2.24) is 14.7 Å². The number of imidazole rings is 1. The molecule has 3 heterocycles. The van der Waals surface area contributed by atoms with Gasteiger partial charge in [-0.05, 0) is 31.1 Å². The van der Waals surface area contributed by atoms with Crippen molar-refractivity contribution in [3.8, 4) is 0 Å². The maximum absolute atomic E-state index is 5.92. The monoisotopic (exact) mass is 221 g/mol. The van der Waals surface area contributed by atoms with Crippen molar-refractivity contribution < 1.29 is 0 Å². The van der Waals surface area contributed by atoms with Gasteiger partial charge in [0.1, 0.15) is 5.82 Å². The van der Waals surface area contributed by atoms with Crippen LogP contribution in [0.3, 0.4) is 0 Å². The third kappa shape index (κ3) is 1.62. The molecule has 0 bridgehead atoms. The zero-order valence-electron chi connectivity index (χ0n) is 8.28. The molecule has 0 amide bonds. The Morgan fingerprint density at radius 2 is 2.40 bits per heavy atom. The standard InChI is InChI=1S/C11H12ClN3/c12-9-1-2-15-10(4-9)7-14-11(15)3-8-5-13-6-8/h1-2,4,7-8,13H,3,5-6H2. The first-order chi connectivity index (χ1) is 7.33. The van der Waals surface area contributed by atoms with E-state index in [0.717, 1.165) is 41.8 Å². The lowest BCUT2D eigenvalue weighted by Crippen LogP contribution is -2.43. The lowest BCUT2D eigenvalue weighted by Gasteiger charge is -2.26. The van der Waals surface area contributed by atoms with Gasteiger partial charge in [-0.25, -0.2) is 4.98 Å². The van der Waals surface area contributed by atoms with Gasteiger partial charge in [-0.1, -0.05) is 11.6 Å². The molecule has 4 heteroatoms. The number of rotatable bonds is 2. The average molecular weight is 222 g/mol. The summed E-state index contributed by atoms with van der Waals surface area (Å²) in [5, 5.41) is 4.04. The number of pyridine rings is 1. The van der Waals surface area contributed by atoms with Crippen LogP contribution < -0.4 is 5.32 Å². The van der Waals surface area contributed by atoms with E-state index < -0.39 is 0 Å². The fraction of sp³-hybridized carbons (Fsp3) is 0.364. The molecule has 1 saturated heterocycles. The van der Waals surface area contributed by atoms with E-state index in [4.69, 9.17) is 11.6 Å². The van der Waals surface area contributed by atoms with Gasteiger partial charge in [0.2, 0.25) is 0 Å². The van der Waals surface area contributed by atoms with Crippen LogP contribution in [0.2, 0.25) is 5.02 Å². The van der Waals surface area contributed by atoms with Crippen LogP contribution in [0.5, 0.6) is 0 Å². The quantitative estimate of drug-likeness (QED) is 0.837. The second-order valence-electron chi connectivity index (χ2n) is 4.04. The Balaban J connectivity index is 1.96. The van der Waals surface area contributed by atoms with Gasteiger partial charge in [-0.15, -0.1) is 0 Å². The van der Waals surface area contributed by atoms with E-state index in [-0.39, 0.29) is 0 Å². The van der Waals surface area contributed by atoms with Crippen molar-refractivity contribution in [2.75, 3.05) is 13.1 Å². The van der Waals surface area contributed by atoms with E-state index in [1.807, 2.05) is 24.5 Å². The largest absolute Gasteiger partial charge is 0.316 e. The van der Waals surface area contributed by atoms with Gasteiger partial charge >= 0.3 is 0 Å². The number of hydrogen-bond donors (Lipinski definition) is 1. The number of halogens is 1. The second kappa shape index (κ2) is 3.51. The number of nitrogens with zero attached hydrogens (tertiary/aromatic N) is 2. The van der Waals surface area contributed by atoms with Crippen molar-refractivity contribution in [2.45, 2.75) is 6.42 Å². The first kappa shape index (κ1) is 9.19. The molecule has 1 N–H and O–H groups in total. The number of nitrogens with one attached hydrogen (secondary N) is 1. The molecule has 2 aromatic rings. The first-order valence-corrected chi connectivity index (χ1v) is 5.53. The molecular formula is C11H12ClN3. The summed E-state index contributed by atoms with van der Waals surface area (Å²) in [7, 11) is 0. The number of fused-ring (bicyclic) bond motifs is 1. The fourth-order valence-corrected chi connectivity index (χ4v) is 2.10. The van der Waals surface area contributed by atoms with E-state index in [9.17, 15) is 0 Å². The van der Waals surface area contributed by atoms with E-state index >= 15 is 0 Å². The van der Waals surface area contributed by atoms with E-state index in [0.29, 0.717) is 0 Å². The lowest BCUT2D eigenvalue weighted by atomic mass is 9.99. The van der Waals surface area contributed by atoms with Crippen molar-refractivity contribution in [2.24, 2.45) is 5.92 Å². The van der Waals surface area contributed by atoms with Crippen LogP contribution in [-0.4, -0.2) is 22.5 Å². The molecule has 0 spiro atoms. The van der Waals surface area contributed by atoms with Crippen molar-refractivity contribution in [3.63, 3.8) is 0 Å². The maximum atomic E-state index is 5.92. The fourth-order valence-electron chi connectivity index (χ4n) is 1.93. The zero-order valence-corrected chi connectivity index (χ0v) is 9.04. The van der Waals surface area contributed by atoms with Gasteiger partial charge in [0.05, 0.1) is 11.7 Å². The van der Waals surface area contributed by atoms with Gasteiger partial charge in [-0.2, -0.15) is 0 Å². The molecule has 1 aliphatic rings. The van der Waals surface area contributed by atoms with Crippen molar-refractivity contribution in [1.29, 1.82) is 0 Å². The topological polar surface area (TPSA) is 29.3 Å². The molecule has 0 atom stereocenters. The maximum Gasteiger partial charge on any atom is 0.113 e. The van der Waals surface area contributed by atoms with E-state index in [1.165, 1.54) is 0 Å². The molecule has 78 valence electrons. The molecule has 0 aliphatic carbocycles. The summed E-state index contributed by atoms with van der Waals surface area (Å²) in [6, 6.07) is 3.84. The summed E-state index contributed by atoms with van der Waals surface area (Å²) in [4.78, 5) is 4.43. The third-order valence-electron chi connectivity index (χ3n) is 2.91. The Bertz CT molecular complexity index is 488. The molecule has 0 unspecified atom stereocenters. The van der Waals surface area contributed by atoms with Gasteiger partial charge in [0.25, 0.3) is 0 Å². The van der Waals surface area contributed by atoms with Crippen LogP contribution in [0.4, 0.5) is 0 Å². The molecule has 3 nitrogen and oxygen atoms in total. The summed E-state index contributed by atoms with van der Waals surface area (Å²) in [5.41, 5.74) is 1.07. The SMILES string of the molecule is Clc1ccn2c(CC3CNC3)ncc2c1. The van der Waals surface area contributed by atoms with E-state index in [2.05, 4.69) is 14.7 Å². The van der Waals surface area contributed by atoms with Crippen LogP contribution in [0.25, 0.3) is 5.52 Å². The van der Waals surface area contributed by atoms with Crippen LogP contribution in [0.15, 0.2) is 24.5 Å². The predicted molar refractivity (Wildman–Crippen MR) is 60.3 cm³/mol. The summed E-state index contributed by atoms with van der Waals surface area (Å²) < 4.78 is 2.12. The molecule has 15 heavy (non-hydrogen) atoms. The summed E-state index contributed by atoms with van der Waals surface area (Å²) in [5.74, 6) is 1.87. The van der Waals surface area contributed by atoms with Gasteiger partial charge < -0.3 is 9.72 Å². The van der Waals surface area contributed by atoms with Gasteiger partial charge in [-0.3, -0.25) is 0 Å². The van der Waals surface area contributed by atoms with Crippen LogP contribution >= 0.6 is 11.6 Å². The highest BCUT2D eigenvalue weighted by molar-refractivity contribution is 6.30. The summed E-state index contributed by atoms with van der Waals surface area (Å²) in [6.07, 6.45) is 4.92. The summed E-state index contributed by atoms with van der Waals surface area (Å²) in [6.45, 7) is 2.23. The zero-order chi connectivity index (χ0) is 10.3. The van der Waals surface area contributed by atoms with Crippen LogP contribution in [0, 0.1) is 5.92 Å². The molecule has 0 aromatic carbocycles. The Hall–Kier alpha value is -1.06. The molecule has 1 aliphatic heterocycles. The Kier molecular flexibility index (Phi) is 2.15. The minimum absolute atomic E-state index is 0.742. The minimum Gasteiger partial charge on any atom is -0.316 e. The van der Waals surface area contributed by atoms with Crippen molar-refractivity contribution >= 4 is 17.1 Å². The Labute approximate surface area is 93.1 Å². The lowest BCUT2D eigenvalue weighted by molar-refractivity contribution is 0.340. The van der Waals surface area contributed by atoms with Gasteiger partial charge in [0, 0.05) is 17.6 Å². The summed E-state index contributed by atoms with van der Waals surface area (Å²) >= 11 is 5.92. The van der Waals surface area contributed by atoms with Crippen LogP contribution in [-0.2, 0) is 6.42 Å². The number of aromatic nitrogens is 2. The molecular weight excluding hydrogens is 210 g/mol. The highest BCUT2D eigenvalue weighted by Crippen LogP contribution is 2.17. The predicted octanol–water partition coefficient (Wildman–Crippen LogP) is 1.75. The minimum atomic E-state index is 0.742.